The first-order valence-corrected chi connectivity index (χ1v) is 10.1. The Labute approximate surface area is 204 Å². The van der Waals surface area contributed by atoms with Gasteiger partial charge in [0, 0.05) is 6.07 Å². The molecule has 0 aromatic heterocycles. The second-order valence-electron chi connectivity index (χ2n) is 6.82. The van der Waals surface area contributed by atoms with Crippen LogP contribution in [0.25, 0.3) is 0 Å². The highest BCUT2D eigenvalue weighted by Crippen LogP contribution is 2.43. The highest BCUT2D eigenvalue weighted by Gasteiger charge is 2.36. The van der Waals surface area contributed by atoms with Crippen molar-refractivity contribution >= 4 is 40.8 Å². The number of ether oxygens (including phenoxy) is 4. The van der Waals surface area contributed by atoms with Crippen LogP contribution in [-0.2, 0) is 30.0 Å². The summed E-state index contributed by atoms with van der Waals surface area (Å²) < 4.78 is 87.5. The zero-order valence-corrected chi connectivity index (χ0v) is 19.3. The van der Waals surface area contributed by atoms with Gasteiger partial charge in [-0.2, -0.15) is 13.2 Å². The lowest BCUT2D eigenvalue weighted by molar-refractivity contribution is -0.140. The predicted octanol–water partition coefficient (Wildman–Crippen LogP) is 5.48. The van der Waals surface area contributed by atoms with Crippen LogP contribution in [0.5, 0.6) is 11.5 Å². The fourth-order valence-electron chi connectivity index (χ4n) is 3.08. The van der Waals surface area contributed by atoms with Crippen LogP contribution in [0.1, 0.15) is 5.56 Å². The van der Waals surface area contributed by atoms with Crippen LogP contribution in [0, 0.1) is 11.6 Å². The van der Waals surface area contributed by atoms with Crippen LogP contribution >= 0.6 is 23.2 Å². The Bertz CT molecular complexity index is 1190. The number of esters is 2. The molecule has 14 heteroatoms. The molecule has 1 aliphatic rings. The molecule has 0 N–H and O–H groups in total. The molecule has 7 nitrogen and oxygen atoms in total. The predicted molar refractivity (Wildman–Crippen MR) is 112 cm³/mol. The van der Waals surface area contributed by atoms with Crippen LogP contribution in [0.4, 0.5) is 27.6 Å². The van der Waals surface area contributed by atoms with Crippen molar-refractivity contribution in [2.24, 2.45) is 0 Å². The Kier molecular flexibility index (Phi) is 7.77. The topological polar surface area (TPSA) is 74.3 Å². The monoisotopic (exact) mass is 541 g/mol. The molecule has 0 saturated heterocycles. The smallest absolute Gasteiger partial charge is 0.416 e. The maximum absolute atomic E-state index is 14.4. The van der Waals surface area contributed by atoms with E-state index < -0.39 is 53.5 Å². The van der Waals surface area contributed by atoms with E-state index in [9.17, 15) is 31.5 Å². The van der Waals surface area contributed by atoms with Crippen molar-refractivity contribution in [3.8, 4) is 11.5 Å². The van der Waals surface area contributed by atoms with Gasteiger partial charge in [-0.15, -0.1) is 0 Å². The molecule has 2 aromatic rings. The highest BCUT2D eigenvalue weighted by molar-refractivity contribution is 6.42. The molecule has 188 valence electrons. The molecule has 1 aliphatic heterocycles. The molecule has 0 aliphatic carbocycles. The Hall–Kier alpha value is -3.09. The van der Waals surface area contributed by atoms with E-state index in [1.807, 2.05) is 0 Å². The molecule has 0 bridgehead atoms. The molecular formula is C21H14Cl2F5NO6. The molecule has 35 heavy (non-hydrogen) atoms. The Morgan fingerprint density at radius 3 is 2.09 bits per heavy atom. The van der Waals surface area contributed by atoms with Crippen molar-refractivity contribution in [3.63, 3.8) is 0 Å². The minimum atomic E-state index is -5.01. The first kappa shape index (κ1) is 26.5. The molecule has 0 saturated carbocycles. The van der Waals surface area contributed by atoms with Gasteiger partial charge in [0.2, 0.25) is 0 Å². The van der Waals surface area contributed by atoms with E-state index in [-0.39, 0.29) is 45.7 Å². The van der Waals surface area contributed by atoms with E-state index in [0.717, 1.165) is 31.3 Å². The lowest BCUT2D eigenvalue weighted by atomic mass is 10.1. The minimum Gasteiger partial charge on any atom is -0.466 e. The summed E-state index contributed by atoms with van der Waals surface area (Å²) in [4.78, 5) is 25.8. The van der Waals surface area contributed by atoms with Crippen LogP contribution in [0.2, 0.25) is 10.0 Å². The molecule has 0 unspecified atom stereocenters. The molecule has 3 rings (SSSR count). The zero-order valence-electron chi connectivity index (χ0n) is 17.8. The van der Waals surface area contributed by atoms with Gasteiger partial charge >= 0.3 is 18.1 Å². The third kappa shape index (κ3) is 5.44. The summed E-state index contributed by atoms with van der Waals surface area (Å²) in [6.07, 6.45) is -5.01. The number of carbonyl (C=O) groups is 2. The van der Waals surface area contributed by atoms with Crippen molar-refractivity contribution in [1.29, 1.82) is 0 Å². The van der Waals surface area contributed by atoms with E-state index in [4.69, 9.17) is 37.4 Å². The van der Waals surface area contributed by atoms with Gasteiger partial charge in [0.25, 0.3) is 0 Å². The Morgan fingerprint density at radius 2 is 1.54 bits per heavy atom. The molecule has 2 aromatic carbocycles. The van der Waals surface area contributed by atoms with E-state index in [0.29, 0.717) is 0 Å². The number of methoxy groups -OCH3 is 2. The summed E-state index contributed by atoms with van der Waals surface area (Å²) in [5, 5.41) is -0.260. The molecule has 0 spiro atoms. The summed E-state index contributed by atoms with van der Waals surface area (Å²) in [5.74, 6) is -6.89. The fourth-order valence-corrected chi connectivity index (χ4v) is 3.39. The number of hydrogen-bond donors (Lipinski definition) is 0. The average Bonchev–Trinajstić information content (AvgIpc) is 2.81. The lowest BCUT2D eigenvalue weighted by Gasteiger charge is -2.32. The third-order valence-corrected chi connectivity index (χ3v) is 5.39. The maximum atomic E-state index is 14.4. The van der Waals surface area contributed by atoms with Crippen LogP contribution in [0.15, 0.2) is 35.5 Å². The summed E-state index contributed by atoms with van der Waals surface area (Å²) in [5.41, 5.74) is -2.37. The zero-order chi connectivity index (χ0) is 26.1. The van der Waals surface area contributed by atoms with Gasteiger partial charge in [0.05, 0.1) is 47.7 Å². The Morgan fingerprint density at radius 1 is 0.971 bits per heavy atom. The first-order chi connectivity index (χ1) is 16.4. The number of alkyl halides is 3. The van der Waals surface area contributed by atoms with E-state index in [2.05, 4.69) is 4.74 Å². The molecule has 0 fully saturated rings. The minimum absolute atomic E-state index is 0.0504. The number of rotatable bonds is 5. The van der Waals surface area contributed by atoms with Gasteiger partial charge < -0.3 is 23.8 Å². The number of carbonyl (C=O) groups excluding carboxylic acids is 2. The van der Waals surface area contributed by atoms with Gasteiger partial charge in [-0.05, 0) is 18.2 Å². The standard InChI is InChI=1S/C21H14Cl2F5NO6/c1-32-19(30)10-7-34-8-29(17(10)20(31)33-2)15-5-11(22)12(23)6-16(15)35-18-13(24)3-9(4-14(18)25)21(26,27)28/h3-6H,7-8H2,1-2H3. The van der Waals surface area contributed by atoms with Gasteiger partial charge in [-0.1, -0.05) is 23.2 Å². The van der Waals surface area contributed by atoms with Crippen LogP contribution in [0.3, 0.4) is 0 Å². The van der Waals surface area contributed by atoms with Crippen molar-refractivity contribution in [2.75, 3.05) is 32.5 Å². The summed E-state index contributed by atoms with van der Waals surface area (Å²) in [6, 6.07) is 2.24. The second-order valence-corrected chi connectivity index (χ2v) is 7.63. The second kappa shape index (κ2) is 10.3. The van der Waals surface area contributed by atoms with Crippen LogP contribution < -0.4 is 9.64 Å². The van der Waals surface area contributed by atoms with E-state index >= 15 is 0 Å². The van der Waals surface area contributed by atoms with Gasteiger partial charge in [-0.25, -0.2) is 18.4 Å². The number of halogens is 7. The maximum Gasteiger partial charge on any atom is 0.416 e. The average molecular weight is 542 g/mol. The normalized spacial score (nSPS) is 14.1. The number of anilines is 1. The van der Waals surface area contributed by atoms with Gasteiger partial charge in [-0.3, -0.25) is 0 Å². The number of benzene rings is 2. The SMILES string of the molecule is COC(=O)C1=C(C(=O)OC)N(c2cc(Cl)c(Cl)cc2Oc2c(F)cc(C(F)(F)F)cc2F)COC1. The van der Waals surface area contributed by atoms with Gasteiger partial charge in [0.15, 0.2) is 23.1 Å². The summed E-state index contributed by atoms with van der Waals surface area (Å²) >= 11 is 12.1. The van der Waals surface area contributed by atoms with E-state index in [1.165, 1.54) is 0 Å². The molecule has 0 radical (unpaired) electrons. The first-order valence-electron chi connectivity index (χ1n) is 9.37. The fraction of sp³-hybridized carbons (Fsp3) is 0.238. The van der Waals surface area contributed by atoms with Crippen molar-refractivity contribution in [3.05, 3.63) is 62.8 Å². The molecule has 0 atom stereocenters. The lowest BCUT2D eigenvalue weighted by Crippen LogP contribution is -2.39. The van der Waals surface area contributed by atoms with Crippen molar-refractivity contribution in [2.45, 2.75) is 6.18 Å². The molecule has 0 amide bonds. The third-order valence-electron chi connectivity index (χ3n) is 4.66. The summed E-state index contributed by atoms with van der Waals surface area (Å²) in [7, 11) is 2.10. The molecule has 1 heterocycles. The quantitative estimate of drug-likeness (QED) is 0.366. The largest absolute Gasteiger partial charge is 0.466 e. The van der Waals surface area contributed by atoms with Gasteiger partial charge in [0.1, 0.15) is 12.4 Å². The summed E-state index contributed by atoms with van der Waals surface area (Å²) in [6.45, 7) is -0.732. The van der Waals surface area contributed by atoms with Crippen molar-refractivity contribution in [1.82, 2.24) is 0 Å². The number of nitrogens with zero attached hydrogens (tertiary/aromatic N) is 1. The number of hydrogen-bond acceptors (Lipinski definition) is 7. The highest BCUT2D eigenvalue weighted by atomic mass is 35.5. The van der Waals surface area contributed by atoms with Crippen molar-refractivity contribution < 1.29 is 50.5 Å². The molecular weight excluding hydrogens is 528 g/mol. The van der Waals surface area contributed by atoms with E-state index in [1.54, 1.807) is 0 Å². The Balaban J connectivity index is 2.18. The van der Waals surface area contributed by atoms with Crippen LogP contribution in [-0.4, -0.2) is 39.5 Å².